The SMILES string of the molecule is CCC(C)N1C=CCc2ccccc21. The van der Waals surface area contributed by atoms with Crippen molar-refractivity contribution >= 4 is 5.69 Å². The molecule has 74 valence electrons. The number of fused-ring (bicyclic) bond motifs is 1. The molecule has 0 saturated carbocycles. The molecule has 1 unspecified atom stereocenters. The first-order valence-corrected chi connectivity index (χ1v) is 5.36. The molecule has 0 spiro atoms. The van der Waals surface area contributed by atoms with E-state index in [1.807, 2.05) is 0 Å². The molecule has 1 heterocycles. The predicted octanol–water partition coefficient (Wildman–Crippen LogP) is 3.36. The maximum atomic E-state index is 2.37. The Kier molecular flexibility index (Phi) is 2.58. The molecule has 1 aromatic rings. The molecule has 0 aromatic heterocycles. The Morgan fingerprint density at radius 2 is 2.14 bits per heavy atom. The molecule has 0 amide bonds. The van der Waals surface area contributed by atoms with Crippen LogP contribution in [0, 0.1) is 0 Å². The van der Waals surface area contributed by atoms with Gasteiger partial charge in [0.2, 0.25) is 0 Å². The molecular formula is C13H17N. The summed E-state index contributed by atoms with van der Waals surface area (Å²) in [5.41, 5.74) is 2.82. The maximum absolute atomic E-state index is 2.37. The average molecular weight is 187 g/mol. The topological polar surface area (TPSA) is 3.24 Å². The van der Waals surface area contributed by atoms with Crippen molar-refractivity contribution in [3.63, 3.8) is 0 Å². The van der Waals surface area contributed by atoms with E-state index in [9.17, 15) is 0 Å². The van der Waals surface area contributed by atoms with Crippen molar-refractivity contribution in [3.05, 3.63) is 42.1 Å². The lowest BCUT2D eigenvalue weighted by atomic mass is 10.0. The predicted molar refractivity (Wildman–Crippen MR) is 61.5 cm³/mol. The van der Waals surface area contributed by atoms with E-state index >= 15 is 0 Å². The molecule has 1 atom stereocenters. The van der Waals surface area contributed by atoms with Gasteiger partial charge in [0, 0.05) is 17.9 Å². The van der Waals surface area contributed by atoms with Crippen LogP contribution in [-0.4, -0.2) is 6.04 Å². The molecule has 0 aliphatic carbocycles. The van der Waals surface area contributed by atoms with Gasteiger partial charge in [0.25, 0.3) is 0 Å². The average Bonchev–Trinajstić information content (AvgIpc) is 2.27. The van der Waals surface area contributed by atoms with Crippen LogP contribution < -0.4 is 4.90 Å². The van der Waals surface area contributed by atoms with Crippen molar-refractivity contribution in [1.29, 1.82) is 0 Å². The van der Waals surface area contributed by atoms with E-state index in [1.54, 1.807) is 0 Å². The van der Waals surface area contributed by atoms with Gasteiger partial charge in [0.1, 0.15) is 0 Å². The molecule has 0 saturated heterocycles. The Bertz CT molecular complexity index is 341. The lowest BCUT2D eigenvalue weighted by Gasteiger charge is -2.31. The van der Waals surface area contributed by atoms with Crippen LogP contribution in [0.4, 0.5) is 5.69 Å². The Labute approximate surface area is 86.1 Å². The Morgan fingerprint density at radius 1 is 1.36 bits per heavy atom. The van der Waals surface area contributed by atoms with Gasteiger partial charge in [-0.15, -0.1) is 0 Å². The van der Waals surface area contributed by atoms with E-state index < -0.39 is 0 Å². The molecular weight excluding hydrogens is 170 g/mol. The first-order chi connectivity index (χ1) is 6.83. The first kappa shape index (κ1) is 9.32. The number of allylic oxidation sites excluding steroid dienone is 1. The fraction of sp³-hybridized carbons (Fsp3) is 0.385. The van der Waals surface area contributed by atoms with Crippen LogP contribution in [0.15, 0.2) is 36.5 Å². The second-order valence-corrected chi connectivity index (χ2v) is 3.88. The van der Waals surface area contributed by atoms with E-state index in [-0.39, 0.29) is 0 Å². The quantitative estimate of drug-likeness (QED) is 0.686. The molecule has 14 heavy (non-hydrogen) atoms. The molecule has 1 nitrogen and oxygen atoms in total. The maximum Gasteiger partial charge on any atom is 0.0444 e. The van der Waals surface area contributed by atoms with E-state index in [0.29, 0.717) is 6.04 Å². The third kappa shape index (κ3) is 1.54. The monoisotopic (exact) mass is 187 g/mol. The van der Waals surface area contributed by atoms with Gasteiger partial charge < -0.3 is 4.90 Å². The Morgan fingerprint density at radius 3 is 2.93 bits per heavy atom. The number of benzene rings is 1. The van der Waals surface area contributed by atoms with Gasteiger partial charge in [-0.2, -0.15) is 0 Å². The van der Waals surface area contributed by atoms with Gasteiger partial charge in [-0.25, -0.2) is 0 Å². The highest BCUT2D eigenvalue weighted by Crippen LogP contribution is 2.27. The van der Waals surface area contributed by atoms with Crippen LogP contribution in [0.25, 0.3) is 0 Å². The highest BCUT2D eigenvalue weighted by molar-refractivity contribution is 5.59. The van der Waals surface area contributed by atoms with Crippen LogP contribution in [0.5, 0.6) is 0 Å². The fourth-order valence-electron chi connectivity index (χ4n) is 1.89. The summed E-state index contributed by atoms with van der Waals surface area (Å²) in [5.74, 6) is 0. The summed E-state index contributed by atoms with van der Waals surface area (Å²) in [6.07, 6.45) is 6.72. The van der Waals surface area contributed by atoms with Crippen molar-refractivity contribution in [1.82, 2.24) is 0 Å². The number of hydrogen-bond donors (Lipinski definition) is 0. The highest BCUT2D eigenvalue weighted by atomic mass is 15.1. The van der Waals surface area contributed by atoms with Gasteiger partial charge in [-0.05, 0) is 31.4 Å². The summed E-state index contributed by atoms with van der Waals surface area (Å²) in [7, 11) is 0. The van der Waals surface area contributed by atoms with Crippen LogP contribution in [-0.2, 0) is 6.42 Å². The van der Waals surface area contributed by atoms with Gasteiger partial charge in [0.05, 0.1) is 0 Å². The molecule has 0 radical (unpaired) electrons. The normalized spacial score (nSPS) is 16.6. The summed E-state index contributed by atoms with van der Waals surface area (Å²) in [6, 6.07) is 9.26. The van der Waals surface area contributed by atoms with Crippen molar-refractivity contribution in [2.75, 3.05) is 4.90 Å². The second-order valence-electron chi connectivity index (χ2n) is 3.88. The lowest BCUT2D eigenvalue weighted by Crippen LogP contribution is -2.29. The highest BCUT2D eigenvalue weighted by Gasteiger charge is 2.15. The number of nitrogens with zero attached hydrogens (tertiary/aromatic N) is 1. The molecule has 0 fully saturated rings. The summed E-state index contributed by atoms with van der Waals surface area (Å²) in [4.78, 5) is 2.37. The third-order valence-corrected chi connectivity index (χ3v) is 2.94. The summed E-state index contributed by atoms with van der Waals surface area (Å²) in [6.45, 7) is 4.50. The fourth-order valence-corrected chi connectivity index (χ4v) is 1.89. The Balaban J connectivity index is 2.35. The van der Waals surface area contributed by atoms with Crippen molar-refractivity contribution in [2.45, 2.75) is 32.7 Å². The van der Waals surface area contributed by atoms with Gasteiger partial charge >= 0.3 is 0 Å². The zero-order chi connectivity index (χ0) is 9.97. The number of anilines is 1. The zero-order valence-electron chi connectivity index (χ0n) is 8.90. The van der Waals surface area contributed by atoms with E-state index in [1.165, 1.54) is 17.7 Å². The molecule has 1 heteroatoms. The number of para-hydroxylation sites is 1. The van der Waals surface area contributed by atoms with Crippen LogP contribution in [0.2, 0.25) is 0 Å². The summed E-state index contributed by atoms with van der Waals surface area (Å²) in [5, 5.41) is 0. The summed E-state index contributed by atoms with van der Waals surface area (Å²) >= 11 is 0. The van der Waals surface area contributed by atoms with Gasteiger partial charge in [-0.1, -0.05) is 31.2 Å². The number of rotatable bonds is 2. The standard InChI is InChI=1S/C13H17N/c1-3-11(2)14-10-6-8-12-7-4-5-9-13(12)14/h4-7,9-11H,3,8H2,1-2H3. The van der Waals surface area contributed by atoms with E-state index in [2.05, 4.69) is 55.3 Å². The van der Waals surface area contributed by atoms with Crippen LogP contribution >= 0.6 is 0 Å². The minimum Gasteiger partial charge on any atom is -0.345 e. The minimum atomic E-state index is 0.590. The van der Waals surface area contributed by atoms with Crippen molar-refractivity contribution < 1.29 is 0 Å². The van der Waals surface area contributed by atoms with E-state index in [4.69, 9.17) is 0 Å². The number of hydrogen-bond acceptors (Lipinski definition) is 1. The van der Waals surface area contributed by atoms with Crippen LogP contribution in [0.3, 0.4) is 0 Å². The molecule has 0 bridgehead atoms. The third-order valence-electron chi connectivity index (χ3n) is 2.94. The van der Waals surface area contributed by atoms with Crippen LogP contribution in [0.1, 0.15) is 25.8 Å². The molecule has 1 aliphatic rings. The van der Waals surface area contributed by atoms with Crippen molar-refractivity contribution in [2.24, 2.45) is 0 Å². The van der Waals surface area contributed by atoms with Gasteiger partial charge in [0.15, 0.2) is 0 Å². The largest absolute Gasteiger partial charge is 0.345 e. The van der Waals surface area contributed by atoms with E-state index in [0.717, 1.165) is 6.42 Å². The molecule has 1 aromatic carbocycles. The molecule has 0 N–H and O–H groups in total. The smallest absolute Gasteiger partial charge is 0.0444 e. The van der Waals surface area contributed by atoms with Crippen molar-refractivity contribution in [3.8, 4) is 0 Å². The second kappa shape index (κ2) is 3.87. The lowest BCUT2D eigenvalue weighted by molar-refractivity contribution is 0.676. The van der Waals surface area contributed by atoms with Gasteiger partial charge in [-0.3, -0.25) is 0 Å². The minimum absolute atomic E-state index is 0.590. The molecule has 1 aliphatic heterocycles. The molecule has 2 rings (SSSR count). The Hall–Kier alpha value is -1.24. The zero-order valence-corrected chi connectivity index (χ0v) is 8.90. The first-order valence-electron chi connectivity index (χ1n) is 5.36. The summed E-state index contributed by atoms with van der Waals surface area (Å²) < 4.78 is 0.